The van der Waals surface area contributed by atoms with Crippen molar-refractivity contribution in [3.63, 3.8) is 0 Å². The van der Waals surface area contributed by atoms with E-state index in [-0.39, 0.29) is 63.1 Å². The van der Waals surface area contributed by atoms with Crippen LogP contribution < -0.4 is 57.1 Å². The van der Waals surface area contributed by atoms with Gasteiger partial charge in [-0.15, -0.1) is 0 Å². The maximum absolute atomic E-state index is 10.5. The van der Waals surface area contributed by atoms with Crippen molar-refractivity contribution in [2.24, 2.45) is 17.6 Å². The molecule has 1 aliphatic carbocycles. The fourth-order valence-electron chi connectivity index (χ4n) is 1.92. The minimum atomic E-state index is -4.03. The summed E-state index contributed by atoms with van der Waals surface area (Å²) >= 11 is 0. The first-order valence-corrected chi connectivity index (χ1v) is 6.22. The Bertz CT molecular complexity index is 247. The van der Waals surface area contributed by atoms with Crippen molar-refractivity contribution >= 4 is 10.1 Å². The van der Waals surface area contributed by atoms with Gasteiger partial charge < -0.3 is 10.3 Å². The van der Waals surface area contributed by atoms with Crippen LogP contribution in [-0.4, -0.2) is 25.3 Å². The summed E-state index contributed by atoms with van der Waals surface area (Å²) < 4.78 is 31.4. The van der Waals surface area contributed by atoms with Crippen molar-refractivity contribution < 1.29 is 64.4 Å². The topological polar surface area (TPSA) is 83.2 Å². The molecule has 0 aromatic heterocycles. The molecule has 0 aromatic carbocycles. The molecule has 0 amide bonds. The van der Waals surface area contributed by atoms with Crippen LogP contribution in [0.2, 0.25) is 0 Å². The van der Waals surface area contributed by atoms with Crippen LogP contribution in [0.4, 0.5) is 0 Å². The van der Waals surface area contributed by atoms with Crippen molar-refractivity contribution in [1.82, 2.24) is 0 Å². The van der Waals surface area contributed by atoms with Gasteiger partial charge in [-0.25, -0.2) is 8.42 Å². The molecule has 1 aliphatic rings. The van der Waals surface area contributed by atoms with Crippen LogP contribution in [0.5, 0.6) is 0 Å². The summed E-state index contributed by atoms with van der Waals surface area (Å²) in [7, 11) is -4.03. The second-order valence-corrected chi connectivity index (χ2v) is 5.30. The molecule has 1 saturated carbocycles. The molecule has 0 atom stereocenters. The van der Waals surface area contributed by atoms with E-state index in [4.69, 9.17) is 5.73 Å². The van der Waals surface area contributed by atoms with Gasteiger partial charge in [0.05, 0.1) is 10.1 Å². The average molecular weight is 245 g/mol. The Morgan fingerprint density at radius 1 is 1.14 bits per heavy atom. The number of nitrogens with two attached hydrogens (primary N) is 1. The van der Waals surface area contributed by atoms with E-state index >= 15 is 0 Å². The fraction of sp³-hybridized carbons (Fsp3) is 1.00. The summed E-state index contributed by atoms with van der Waals surface area (Å²) in [6, 6.07) is 0. The average Bonchev–Trinajstić information content (AvgIpc) is 2.03. The van der Waals surface area contributed by atoms with E-state index in [0.29, 0.717) is 12.5 Å². The maximum atomic E-state index is 10.5. The predicted molar refractivity (Wildman–Crippen MR) is 49.1 cm³/mol. The monoisotopic (exact) mass is 245 g/mol. The molecular formula is C8H16KNO3S. The summed E-state index contributed by atoms with van der Waals surface area (Å²) in [5, 5.41) is 0. The van der Waals surface area contributed by atoms with Gasteiger partial charge in [-0.3, -0.25) is 0 Å². The van der Waals surface area contributed by atoms with Gasteiger partial charge in [0, 0.05) is 5.75 Å². The third-order valence-corrected chi connectivity index (χ3v) is 3.62. The molecule has 14 heavy (non-hydrogen) atoms. The quantitative estimate of drug-likeness (QED) is 0.433. The SMILES string of the molecule is NCC1CCC(CS(=O)(=O)[O-])CC1.[K+]. The molecule has 78 valence electrons. The zero-order valence-corrected chi connectivity index (χ0v) is 12.5. The van der Waals surface area contributed by atoms with Gasteiger partial charge in [0.15, 0.2) is 0 Å². The van der Waals surface area contributed by atoms with E-state index in [2.05, 4.69) is 0 Å². The molecule has 0 unspecified atom stereocenters. The van der Waals surface area contributed by atoms with E-state index < -0.39 is 10.1 Å². The van der Waals surface area contributed by atoms with Gasteiger partial charge in [0.2, 0.25) is 0 Å². The Hall–Kier alpha value is 1.51. The molecule has 1 rings (SSSR count). The first-order chi connectivity index (χ1) is 6.01. The summed E-state index contributed by atoms with van der Waals surface area (Å²) in [5.41, 5.74) is 5.50. The van der Waals surface area contributed by atoms with E-state index in [0.717, 1.165) is 25.7 Å². The second-order valence-electron chi connectivity index (χ2n) is 3.85. The Morgan fingerprint density at radius 3 is 1.93 bits per heavy atom. The minimum absolute atomic E-state index is 0. The Kier molecular flexibility index (Phi) is 7.70. The molecule has 0 aliphatic heterocycles. The fourth-order valence-corrected chi connectivity index (χ4v) is 2.83. The van der Waals surface area contributed by atoms with Gasteiger partial charge in [-0.2, -0.15) is 0 Å². The molecule has 1 fully saturated rings. The molecule has 2 N–H and O–H groups in total. The van der Waals surface area contributed by atoms with Crippen LogP contribution in [0, 0.1) is 11.8 Å². The van der Waals surface area contributed by atoms with Crippen molar-refractivity contribution in [3.05, 3.63) is 0 Å². The summed E-state index contributed by atoms with van der Waals surface area (Å²) in [6.45, 7) is 0.677. The van der Waals surface area contributed by atoms with Crippen LogP contribution in [0.15, 0.2) is 0 Å². The van der Waals surface area contributed by atoms with Crippen LogP contribution >= 0.6 is 0 Å². The predicted octanol–water partition coefficient (Wildman–Crippen LogP) is -2.70. The van der Waals surface area contributed by atoms with Gasteiger partial charge in [-0.05, 0) is 44.1 Å². The minimum Gasteiger partial charge on any atom is -0.748 e. The van der Waals surface area contributed by atoms with Crippen molar-refractivity contribution in [3.8, 4) is 0 Å². The third-order valence-electron chi connectivity index (χ3n) is 2.74. The van der Waals surface area contributed by atoms with Gasteiger partial charge in [0.25, 0.3) is 0 Å². The Balaban J connectivity index is 0.00000169. The molecule has 0 heterocycles. The summed E-state index contributed by atoms with van der Waals surface area (Å²) in [6.07, 6.45) is 3.61. The number of rotatable bonds is 3. The second kappa shape index (κ2) is 6.95. The third kappa shape index (κ3) is 6.17. The van der Waals surface area contributed by atoms with Gasteiger partial charge in [0.1, 0.15) is 0 Å². The standard InChI is InChI=1S/C8H17NO3S.K/c9-5-7-1-3-8(4-2-7)6-13(10,11)12;/h7-8H,1-6,9H2,(H,10,11,12);/q;+1/p-1. The van der Waals surface area contributed by atoms with Gasteiger partial charge >= 0.3 is 51.4 Å². The Labute approximate surface area is 128 Å². The zero-order valence-electron chi connectivity index (χ0n) is 8.61. The molecule has 4 nitrogen and oxygen atoms in total. The summed E-state index contributed by atoms with van der Waals surface area (Å²) in [5.74, 6) is 0.417. The molecule has 0 bridgehead atoms. The van der Waals surface area contributed by atoms with Crippen molar-refractivity contribution in [1.29, 1.82) is 0 Å². The van der Waals surface area contributed by atoms with Crippen LogP contribution in [0.25, 0.3) is 0 Å². The molecule has 0 aromatic rings. The smallest absolute Gasteiger partial charge is 0.748 e. The van der Waals surface area contributed by atoms with E-state index in [1.165, 1.54) is 0 Å². The number of hydrogen-bond acceptors (Lipinski definition) is 4. The van der Waals surface area contributed by atoms with Crippen LogP contribution in [0.1, 0.15) is 25.7 Å². The van der Waals surface area contributed by atoms with E-state index in [1.54, 1.807) is 0 Å². The van der Waals surface area contributed by atoms with E-state index in [1.807, 2.05) is 0 Å². The first-order valence-electron chi connectivity index (χ1n) is 4.65. The molecule has 0 radical (unpaired) electrons. The summed E-state index contributed by atoms with van der Waals surface area (Å²) in [4.78, 5) is 0. The molecular weight excluding hydrogens is 229 g/mol. The van der Waals surface area contributed by atoms with E-state index in [9.17, 15) is 13.0 Å². The molecule has 0 spiro atoms. The zero-order chi connectivity index (χ0) is 9.90. The molecule has 0 saturated heterocycles. The normalized spacial score (nSPS) is 28.1. The van der Waals surface area contributed by atoms with Gasteiger partial charge in [-0.1, -0.05) is 0 Å². The maximum Gasteiger partial charge on any atom is 1.00 e. The van der Waals surface area contributed by atoms with Crippen LogP contribution in [0.3, 0.4) is 0 Å². The van der Waals surface area contributed by atoms with Crippen LogP contribution in [-0.2, 0) is 10.1 Å². The number of hydrogen-bond donors (Lipinski definition) is 1. The largest absolute Gasteiger partial charge is 1.00 e. The van der Waals surface area contributed by atoms with Crippen molar-refractivity contribution in [2.45, 2.75) is 25.7 Å². The Morgan fingerprint density at radius 2 is 1.57 bits per heavy atom. The first kappa shape index (κ1) is 15.5. The molecule has 6 heteroatoms. The van der Waals surface area contributed by atoms with Crippen molar-refractivity contribution in [2.75, 3.05) is 12.3 Å².